The van der Waals surface area contributed by atoms with E-state index in [4.69, 9.17) is 0 Å². The summed E-state index contributed by atoms with van der Waals surface area (Å²) in [5.74, 6) is -0.654. The van der Waals surface area contributed by atoms with Crippen LogP contribution in [0.25, 0.3) is 11.5 Å². The fourth-order valence-electron chi connectivity index (χ4n) is 2.17. The van der Waals surface area contributed by atoms with Gasteiger partial charge in [-0.2, -0.15) is 5.10 Å². The zero-order valence-corrected chi connectivity index (χ0v) is 10.4. The monoisotopic (exact) mass is 259 g/mol. The first-order valence-electron chi connectivity index (χ1n) is 5.99. The van der Waals surface area contributed by atoms with Crippen LogP contribution in [0.15, 0.2) is 12.3 Å². The van der Waals surface area contributed by atoms with Gasteiger partial charge in [-0.15, -0.1) is 0 Å². The van der Waals surface area contributed by atoms with Crippen molar-refractivity contribution in [2.24, 2.45) is 7.05 Å². The molecule has 3 heterocycles. The summed E-state index contributed by atoms with van der Waals surface area (Å²) in [6.07, 6.45) is 2.48. The van der Waals surface area contributed by atoms with Crippen LogP contribution in [-0.4, -0.2) is 37.4 Å². The normalized spacial score (nSPS) is 14.2. The van der Waals surface area contributed by atoms with Crippen LogP contribution in [0.2, 0.25) is 0 Å². The van der Waals surface area contributed by atoms with Crippen LogP contribution in [0, 0.1) is 0 Å². The fourth-order valence-corrected chi connectivity index (χ4v) is 2.17. The van der Waals surface area contributed by atoms with E-state index < -0.39 is 5.97 Å². The Bertz CT molecular complexity index is 650. The lowest BCUT2D eigenvalue weighted by Crippen LogP contribution is -2.28. The summed E-state index contributed by atoms with van der Waals surface area (Å²) in [4.78, 5) is 19.9. The molecule has 0 atom stereocenters. The minimum absolute atomic E-state index is 0.0675. The van der Waals surface area contributed by atoms with E-state index in [2.05, 4.69) is 20.4 Å². The van der Waals surface area contributed by atoms with Gasteiger partial charge in [0.15, 0.2) is 11.5 Å². The van der Waals surface area contributed by atoms with Gasteiger partial charge in [0.25, 0.3) is 0 Å². The molecule has 2 aromatic heterocycles. The Kier molecular flexibility index (Phi) is 2.75. The summed E-state index contributed by atoms with van der Waals surface area (Å²) in [5, 5.41) is 16.6. The smallest absolute Gasteiger partial charge is 0.354 e. The molecule has 1 aliphatic heterocycles. The maximum absolute atomic E-state index is 11.3. The molecule has 0 radical (unpaired) electrons. The highest BCUT2D eigenvalue weighted by Crippen LogP contribution is 2.20. The molecule has 7 nitrogen and oxygen atoms in total. The van der Waals surface area contributed by atoms with E-state index in [1.54, 1.807) is 24.0 Å². The number of carboxylic acids is 1. The predicted octanol–water partition coefficient (Wildman–Crippen LogP) is 0.221. The number of nitrogens with one attached hydrogen (secondary N) is 1. The third-order valence-electron chi connectivity index (χ3n) is 3.08. The lowest BCUT2D eigenvalue weighted by atomic mass is 10.0. The van der Waals surface area contributed by atoms with E-state index in [1.807, 2.05) is 0 Å². The van der Waals surface area contributed by atoms with Crippen molar-refractivity contribution in [2.45, 2.75) is 13.0 Å². The lowest BCUT2D eigenvalue weighted by molar-refractivity contribution is 0.0688. The van der Waals surface area contributed by atoms with E-state index in [-0.39, 0.29) is 5.69 Å². The predicted molar refractivity (Wildman–Crippen MR) is 66.6 cm³/mol. The van der Waals surface area contributed by atoms with E-state index >= 15 is 0 Å². The maximum Gasteiger partial charge on any atom is 0.354 e. The zero-order chi connectivity index (χ0) is 13.4. The van der Waals surface area contributed by atoms with Crippen LogP contribution in [0.1, 0.15) is 21.7 Å². The molecule has 0 spiro atoms. The standard InChI is InChI=1S/C12H13N5O2/c1-17-5-3-9(16-17)11-14-8-2-4-13-6-7(8)10(15-11)12(18)19/h3,5,13H,2,4,6H2,1H3,(H,18,19). The highest BCUT2D eigenvalue weighted by atomic mass is 16.4. The van der Waals surface area contributed by atoms with Gasteiger partial charge in [0.1, 0.15) is 5.69 Å². The summed E-state index contributed by atoms with van der Waals surface area (Å²) in [7, 11) is 1.80. The van der Waals surface area contributed by atoms with Crippen molar-refractivity contribution in [1.29, 1.82) is 0 Å². The molecule has 0 unspecified atom stereocenters. The van der Waals surface area contributed by atoms with E-state index in [9.17, 15) is 9.90 Å². The quantitative estimate of drug-likeness (QED) is 0.801. The van der Waals surface area contributed by atoms with Crippen molar-refractivity contribution in [2.75, 3.05) is 6.54 Å². The van der Waals surface area contributed by atoms with Crippen LogP contribution < -0.4 is 5.32 Å². The van der Waals surface area contributed by atoms with Gasteiger partial charge in [-0.1, -0.05) is 0 Å². The number of fused-ring (bicyclic) bond motifs is 1. The van der Waals surface area contributed by atoms with Crippen molar-refractivity contribution in [1.82, 2.24) is 25.1 Å². The first kappa shape index (κ1) is 11.8. The molecule has 7 heteroatoms. The molecule has 0 saturated heterocycles. The number of nitrogens with zero attached hydrogens (tertiary/aromatic N) is 4. The Hall–Kier alpha value is -2.28. The van der Waals surface area contributed by atoms with E-state index in [0.717, 1.165) is 12.2 Å². The van der Waals surface area contributed by atoms with Gasteiger partial charge in [-0.3, -0.25) is 4.68 Å². The van der Waals surface area contributed by atoms with Gasteiger partial charge in [0.2, 0.25) is 0 Å². The Morgan fingerprint density at radius 3 is 3.00 bits per heavy atom. The summed E-state index contributed by atoms with van der Waals surface area (Å²) in [5.41, 5.74) is 2.13. The zero-order valence-electron chi connectivity index (χ0n) is 10.4. The number of aryl methyl sites for hydroxylation is 1. The Morgan fingerprint density at radius 1 is 1.47 bits per heavy atom. The van der Waals surface area contributed by atoms with E-state index in [0.29, 0.717) is 30.0 Å². The highest BCUT2D eigenvalue weighted by molar-refractivity contribution is 5.88. The molecule has 0 aromatic carbocycles. The maximum atomic E-state index is 11.3. The number of rotatable bonds is 2. The third kappa shape index (κ3) is 2.08. The van der Waals surface area contributed by atoms with Crippen molar-refractivity contribution >= 4 is 5.97 Å². The second-order valence-electron chi connectivity index (χ2n) is 4.43. The van der Waals surface area contributed by atoms with Crippen LogP contribution >= 0.6 is 0 Å². The molecule has 0 aliphatic carbocycles. The molecule has 1 aliphatic rings. The number of aromatic nitrogens is 4. The van der Waals surface area contributed by atoms with Gasteiger partial charge in [-0.25, -0.2) is 14.8 Å². The fraction of sp³-hybridized carbons (Fsp3) is 0.333. The van der Waals surface area contributed by atoms with Crippen LogP contribution in [0.4, 0.5) is 0 Å². The van der Waals surface area contributed by atoms with Gasteiger partial charge in [0.05, 0.1) is 5.69 Å². The Labute approximate surface area is 109 Å². The Morgan fingerprint density at radius 2 is 2.32 bits per heavy atom. The first-order valence-corrected chi connectivity index (χ1v) is 5.99. The molecule has 2 aromatic rings. The topological polar surface area (TPSA) is 92.9 Å². The van der Waals surface area contributed by atoms with Crippen molar-refractivity contribution in [3.05, 3.63) is 29.2 Å². The summed E-state index contributed by atoms with van der Waals surface area (Å²) >= 11 is 0. The lowest BCUT2D eigenvalue weighted by Gasteiger charge is -2.18. The molecular weight excluding hydrogens is 246 g/mol. The van der Waals surface area contributed by atoms with Gasteiger partial charge < -0.3 is 10.4 Å². The average molecular weight is 259 g/mol. The summed E-state index contributed by atoms with van der Waals surface area (Å²) < 4.78 is 1.64. The first-order chi connectivity index (χ1) is 9.15. The molecule has 19 heavy (non-hydrogen) atoms. The van der Waals surface area contributed by atoms with Crippen LogP contribution in [0.3, 0.4) is 0 Å². The number of hydrogen-bond donors (Lipinski definition) is 2. The number of carbonyl (C=O) groups is 1. The van der Waals surface area contributed by atoms with Crippen molar-refractivity contribution in [3.63, 3.8) is 0 Å². The second kappa shape index (κ2) is 4.43. The Balaban J connectivity index is 2.16. The van der Waals surface area contributed by atoms with Gasteiger partial charge in [-0.05, 0) is 6.07 Å². The van der Waals surface area contributed by atoms with Crippen LogP contribution in [0.5, 0.6) is 0 Å². The highest BCUT2D eigenvalue weighted by Gasteiger charge is 2.22. The molecular formula is C12H13N5O2. The molecule has 0 bridgehead atoms. The molecule has 0 amide bonds. The van der Waals surface area contributed by atoms with Crippen molar-refractivity contribution < 1.29 is 9.90 Å². The summed E-state index contributed by atoms with van der Waals surface area (Å²) in [6.45, 7) is 1.30. The largest absolute Gasteiger partial charge is 0.476 e. The number of aromatic carboxylic acids is 1. The average Bonchev–Trinajstić information content (AvgIpc) is 2.84. The molecule has 98 valence electrons. The van der Waals surface area contributed by atoms with Gasteiger partial charge >= 0.3 is 5.97 Å². The van der Waals surface area contributed by atoms with Crippen LogP contribution in [-0.2, 0) is 20.0 Å². The SMILES string of the molecule is Cn1ccc(-c2nc3c(c(C(=O)O)n2)CNCC3)n1. The van der Waals surface area contributed by atoms with Crippen molar-refractivity contribution in [3.8, 4) is 11.5 Å². The molecule has 0 saturated carbocycles. The number of carboxylic acid groups (broad SMARTS) is 1. The second-order valence-corrected chi connectivity index (χ2v) is 4.43. The number of hydrogen-bond acceptors (Lipinski definition) is 5. The molecule has 0 fully saturated rings. The van der Waals surface area contributed by atoms with E-state index in [1.165, 1.54) is 0 Å². The summed E-state index contributed by atoms with van der Waals surface area (Å²) in [6, 6.07) is 1.77. The minimum Gasteiger partial charge on any atom is -0.476 e. The molecule has 2 N–H and O–H groups in total. The molecule has 3 rings (SSSR count). The minimum atomic E-state index is -1.03. The third-order valence-corrected chi connectivity index (χ3v) is 3.08. The van der Waals surface area contributed by atoms with Gasteiger partial charge in [0, 0.05) is 38.3 Å².